The van der Waals surface area contributed by atoms with Gasteiger partial charge in [-0.15, -0.1) is 0 Å². The third-order valence-electron chi connectivity index (χ3n) is 7.79. The van der Waals surface area contributed by atoms with Gasteiger partial charge in [0.2, 0.25) is 0 Å². The fourth-order valence-electron chi connectivity index (χ4n) is 4.76. The Morgan fingerprint density at radius 2 is 0.679 bits per heavy atom. The van der Waals surface area contributed by atoms with Gasteiger partial charge in [-0.3, -0.25) is 4.79 Å². The van der Waals surface area contributed by atoms with E-state index < -0.39 is 5.97 Å². The monoisotopic (exact) mass is 807 g/mol. The number of benzene rings is 1. The average molecular weight is 807 g/mol. The molecule has 0 aliphatic rings. The molecule has 0 bridgehead atoms. The first-order valence-corrected chi connectivity index (χ1v) is 20.6. The molecule has 0 atom stereocenters. The summed E-state index contributed by atoms with van der Waals surface area (Å²) in [5, 5.41) is 8.50. The van der Waals surface area contributed by atoms with Crippen LogP contribution in [0.1, 0.15) is 57.4 Å². The SMILES string of the molecule is CCCCCCCCc1ccc(OCCOCCOCCOCCOCCOCCOCCOCCOCCOCCOCCOCCOCCC(=O)O)cc1. The Hall–Kier alpha value is -1.99. The normalized spacial score (nSPS) is 11.4. The zero-order valence-electron chi connectivity index (χ0n) is 34.3. The smallest absolute Gasteiger partial charge is 0.305 e. The number of hydrogen-bond donors (Lipinski definition) is 1. The molecule has 1 aromatic rings. The van der Waals surface area contributed by atoms with Gasteiger partial charge in [-0.1, -0.05) is 51.2 Å². The molecule has 0 aliphatic carbocycles. The van der Waals surface area contributed by atoms with Crippen molar-refractivity contribution in [1.29, 1.82) is 0 Å². The van der Waals surface area contributed by atoms with Crippen molar-refractivity contribution < 1.29 is 71.5 Å². The molecule has 0 amide bonds. The van der Waals surface area contributed by atoms with Gasteiger partial charge in [0.15, 0.2) is 0 Å². The molecule has 1 N–H and O–H groups in total. The Morgan fingerprint density at radius 1 is 0.393 bits per heavy atom. The van der Waals surface area contributed by atoms with E-state index in [0.717, 1.165) is 12.2 Å². The Morgan fingerprint density at radius 3 is 1.00 bits per heavy atom. The quantitative estimate of drug-likeness (QED) is 0.0908. The van der Waals surface area contributed by atoms with Crippen LogP contribution in [0.5, 0.6) is 5.75 Å². The van der Waals surface area contributed by atoms with E-state index in [-0.39, 0.29) is 13.0 Å². The second kappa shape index (κ2) is 44.1. The summed E-state index contributed by atoms with van der Waals surface area (Å²) in [6, 6.07) is 8.42. The van der Waals surface area contributed by atoms with Gasteiger partial charge < -0.3 is 66.7 Å². The summed E-state index contributed by atoms with van der Waals surface area (Å²) in [7, 11) is 0. The molecule has 56 heavy (non-hydrogen) atoms. The van der Waals surface area contributed by atoms with Crippen LogP contribution in [0.4, 0.5) is 0 Å². The predicted octanol–water partition coefficient (Wildman–Crippen LogP) is 4.64. The van der Waals surface area contributed by atoms with Crippen LogP contribution < -0.4 is 4.74 Å². The molecule has 0 heterocycles. The lowest BCUT2D eigenvalue weighted by Gasteiger charge is -2.09. The summed E-state index contributed by atoms with van der Waals surface area (Å²) in [5.74, 6) is 0.00553. The van der Waals surface area contributed by atoms with E-state index in [1.54, 1.807) is 0 Å². The minimum absolute atomic E-state index is 0.00341. The third kappa shape index (κ3) is 40.2. The van der Waals surface area contributed by atoms with Crippen molar-refractivity contribution in [3.63, 3.8) is 0 Å². The fraction of sp³-hybridized carbons (Fsp3) is 0.829. The molecule has 1 aromatic carbocycles. The first kappa shape index (κ1) is 52.0. The highest BCUT2D eigenvalue weighted by molar-refractivity contribution is 5.66. The van der Waals surface area contributed by atoms with Gasteiger partial charge in [-0.25, -0.2) is 0 Å². The number of hydrogen-bond acceptors (Lipinski definition) is 14. The summed E-state index contributed by atoms with van der Waals surface area (Å²) in [6.07, 6.45) is 9.05. The number of rotatable bonds is 47. The molecule has 0 saturated heterocycles. The molecular formula is C41H74O15. The largest absolute Gasteiger partial charge is 0.491 e. The second-order valence-electron chi connectivity index (χ2n) is 12.5. The van der Waals surface area contributed by atoms with Gasteiger partial charge in [0, 0.05) is 0 Å². The molecule has 0 unspecified atom stereocenters. The highest BCUT2D eigenvalue weighted by Crippen LogP contribution is 2.15. The minimum Gasteiger partial charge on any atom is -0.491 e. The van der Waals surface area contributed by atoms with E-state index >= 15 is 0 Å². The van der Waals surface area contributed by atoms with Crippen LogP contribution in [0.25, 0.3) is 0 Å². The molecule has 0 spiro atoms. The topological polar surface area (TPSA) is 157 Å². The van der Waals surface area contributed by atoms with E-state index in [1.165, 1.54) is 44.1 Å². The van der Waals surface area contributed by atoms with Crippen LogP contribution in [0.2, 0.25) is 0 Å². The molecule has 0 aliphatic heterocycles. The van der Waals surface area contributed by atoms with Gasteiger partial charge in [0.25, 0.3) is 0 Å². The van der Waals surface area contributed by atoms with Gasteiger partial charge >= 0.3 is 5.97 Å². The maximum Gasteiger partial charge on any atom is 0.305 e. The zero-order valence-corrected chi connectivity index (χ0v) is 34.3. The Bertz CT molecular complexity index is 925. The predicted molar refractivity (Wildman–Crippen MR) is 211 cm³/mol. The van der Waals surface area contributed by atoms with Crippen LogP contribution in [0.3, 0.4) is 0 Å². The molecule has 0 saturated carbocycles. The number of carbonyl (C=O) groups is 1. The van der Waals surface area contributed by atoms with E-state index in [2.05, 4.69) is 19.1 Å². The number of unbranched alkanes of at least 4 members (excludes halogenated alkanes) is 5. The van der Waals surface area contributed by atoms with Gasteiger partial charge in [0.1, 0.15) is 12.4 Å². The third-order valence-corrected chi connectivity index (χ3v) is 7.79. The van der Waals surface area contributed by atoms with Crippen LogP contribution in [-0.4, -0.2) is 176 Å². The number of aryl methyl sites for hydroxylation is 1. The van der Waals surface area contributed by atoms with Crippen molar-refractivity contribution in [2.45, 2.75) is 58.3 Å². The summed E-state index contributed by atoms with van der Waals surface area (Å²) < 4.78 is 71.2. The second-order valence-corrected chi connectivity index (χ2v) is 12.5. The zero-order chi connectivity index (χ0) is 40.1. The van der Waals surface area contributed by atoms with Crippen LogP contribution in [-0.2, 0) is 68.1 Å². The van der Waals surface area contributed by atoms with Crippen molar-refractivity contribution in [1.82, 2.24) is 0 Å². The van der Waals surface area contributed by atoms with Crippen molar-refractivity contribution in [3.8, 4) is 5.75 Å². The van der Waals surface area contributed by atoms with E-state index in [0.29, 0.717) is 159 Å². The number of ether oxygens (including phenoxy) is 13. The molecule has 0 radical (unpaired) electrons. The lowest BCUT2D eigenvalue weighted by Crippen LogP contribution is -2.15. The summed E-state index contributed by atoms with van der Waals surface area (Å²) in [6.45, 7) is 14.1. The fourth-order valence-corrected chi connectivity index (χ4v) is 4.76. The van der Waals surface area contributed by atoms with E-state index in [9.17, 15) is 4.79 Å². The van der Waals surface area contributed by atoms with Crippen LogP contribution in [0.15, 0.2) is 24.3 Å². The van der Waals surface area contributed by atoms with Crippen LogP contribution >= 0.6 is 0 Å². The van der Waals surface area contributed by atoms with E-state index in [4.69, 9.17) is 66.7 Å². The van der Waals surface area contributed by atoms with Crippen LogP contribution in [0, 0.1) is 0 Å². The highest BCUT2D eigenvalue weighted by Gasteiger charge is 2.00. The van der Waals surface area contributed by atoms with Crippen molar-refractivity contribution in [3.05, 3.63) is 29.8 Å². The molecule has 1 rings (SSSR count). The number of carboxylic acids is 1. The maximum atomic E-state index is 10.4. The minimum atomic E-state index is -0.874. The van der Waals surface area contributed by atoms with Gasteiger partial charge in [-0.2, -0.15) is 0 Å². The van der Waals surface area contributed by atoms with E-state index in [1.807, 2.05) is 12.1 Å². The van der Waals surface area contributed by atoms with Crippen molar-refractivity contribution in [2.75, 3.05) is 165 Å². The maximum absolute atomic E-state index is 10.4. The van der Waals surface area contributed by atoms with Gasteiger partial charge in [0.05, 0.1) is 165 Å². The number of aliphatic carboxylic acids is 1. The number of carboxylic acid groups (broad SMARTS) is 1. The lowest BCUT2D eigenvalue weighted by molar-refractivity contribution is -0.138. The Labute approximate surface area is 336 Å². The summed E-state index contributed by atoms with van der Waals surface area (Å²) >= 11 is 0. The van der Waals surface area contributed by atoms with Gasteiger partial charge in [-0.05, 0) is 30.5 Å². The van der Waals surface area contributed by atoms with Crippen molar-refractivity contribution in [2.24, 2.45) is 0 Å². The standard InChI is InChI=1S/C41H74O15/c1-2-3-4-5-6-7-8-39-9-11-40(12-10-39)56-38-37-55-36-35-54-34-33-53-32-31-52-30-29-51-28-27-50-26-25-49-24-23-48-22-21-47-20-19-46-18-17-45-16-15-44-14-13-41(42)43/h9-12H,2-8,13-38H2,1H3,(H,42,43). The lowest BCUT2D eigenvalue weighted by atomic mass is 10.0. The molecule has 0 fully saturated rings. The highest BCUT2D eigenvalue weighted by atomic mass is 16.6. The molecular weight excluding hydrogens is 732 g/mol. The molecule has 328 valence electrons. The molecule has 15 heteroatoms. The first-order chi connectivity index (χ1) is 27.7. The molecule has 0 aromatic heterocycles. The molecule has 15 nitrogen and oxygen atoms in total. The summed E-state index contributed by atoms with van der Waals surface area (Å²) in [4.78, 5) is 10.4. The Balaban J connectivity index is 1.66. The Kier molecular flexibility index (Phi) is 41.0. The average Bonchev–Trinajstić information content (AvgIpc) is 3.20. The summed E-state index contributed by atoms with van der Waals surface area (Å²) in [5.41, 5.74) is 1.37. The first-order valence-electron chi connectivity index (χ1n) is 20.6. The van der Waals surface area contributed by atoms with Crippen molar-refractivity contribution >= 4 is 5.97 Å².